The molecule has 2 heterocycles. The number of carbonyl (C=O) groups is 1. The number of rotatable bonds is 5. The number of nitrogens with zero attached hydrogens (tertiary/aromatic N) is 2. The van der Waals surface area contributed by atoms with Crippen LogP contribution in [0.2, 0.25) is 0 Å². The molecule has 0 aromatic carbocycles. The molecule has 10 heteroatoms. The Labute approximate surface area is 131 Å². The van der Waals surface area contributed by atoms with E-state index in [1.165, 1.54) is 12.3 Å². The van der Waals surface area contributed by atoms with Gasteiger partial charge in [0.05, 0.1) is 12.5 Å². The summed E-state index contributed by atoms with van der Waals surface area (Å²) in [6, 6.07) is 1.34. The van der Waals surface area contributed by atoms with E-state index in [1.807, 2.05) is 0 Å². The van der Waals surface area contributed by atoms with Gasteiger partial charge in [0.2, 0.25) is 0 Å². The first-order chi connectivity index (χ1) is 10.8. The molecule has 1 aliphatic rings. The molecular formula is C13H19N3O7. The molecule has 1 unspecified atom stereocenters. The maximum absolute atomic E-state index is 12.0. The largest absolute Gasteiger partial charge is 0.394 e. The van der Waals surface area contributed by atoms with Gasteiger partial charge in [0.1, 0.15) is 18.3 Å². The van der Waals surface area contributed by atoms with E-state index in [9.17, 15) is 19.8 Å². The summed E-state index contributed by atoms with van der Waals surface area (Å²) in [6.07, 6.45) is -3.60. The summed E-state index contributed by atoms with van der Waals surface area (Å²) in [7, 11) is 0. The van der Waals surface area contributed by atoms with Crippen molar-refractivity contribution < 1.29 is 29.7 Å². The van der Waals surface area contributed by atoms with Crippen LogP contribution in [0.4, 0.5) is 5.82 Å². The highest BCUT2D eigenvalue weighted by Crippen LogP contribution is 2.28. The van der Waals surface area contributed by atoms with Crippen molar-refractivity contribution in [2.75, 3.05) is 12.1 Å². The monoisotopic (exact) mass is 329 g/mol. The van der Waals surface area contributed by atoms with Crippen LogP contribution in [-0.4, -0.2) is 55.8 Å². The average molecular weight is 329 g/mol. The Morgan fingerprint density at radius 3 is 2.70 bits per heavy atom. The minimum absolute atomic E-state index is 0.00648. The van der Waals surface area contributed by atoms with E-state index < -0.39 is 42.8 Å². The number of hydrogen-bond donors (Lipinski definition) is 4. The lowest BCUT2D eigenvalue weighted by molar-refractivity contribution is -0.144. The molecule has 0 amide bonds. The number of anilines is 1. The lowest BCUT2D eigenvalue weighted by Gasteiger charge is -2.17. The predicted molar refractivity (Wildman–Crippen MR) is 76.1 cm³/mol. The number of nitrogens with one attached hydrogen (secondary N) is 1. The minimum Gasteiger partial charge on any atom is -0.394 e. The topological polar surface area (TPSA) is 143 Å². The third kappa shape index (κ3) is 3.67. The molecule has 0 spiro atoms. The minimum atomic E-state index is -1.38. The zero-order chi connectivity index (χ0) is 17.1. The highest BCUT2D eigenvalue weighted by Gasteiger charge is 2.43. The van der Waals surface area contributed by atoms with Gasteiger partial charge in [-0.1, -0.05) is 13.8 Å². The van der Waals surface area contributed by atoms with E-state index in [4.69, 9.17) is 14.7 Å². The maximum atomic E-state index is 12.0. The summed E-state index contributed by atoms with van der Waals surface area (Å²) >= 11 is 0. The van der Waals surface area contributed by atoms with Crippen molar-refractivity contribution >= 4 is 11.8 Å². The molecule has 4 N–H and O–H groups in total. The second kappa shape index (κ2) is 7.04. The van der Waals surface area contributed by atoms with Crippen molar-refractivity contribution in [2.24, 2.45) is 5.92 Å². The second-order valence-corrected chi connectivity index (χ2v) is 5.41. The van der Waals surface area contributed by atoms with E-state index in [0.717, 1.165) is 4.57 Å². The van der Waals surface area contributed by atoms with Crippen LogP contribution in [-0.2, 0) is 14.4 Å². The van der Waals surface area contributed by atoms with Gasteiger partial charge in [0, 0.05) is 12.3 Å². The van der Waals surface area contributed by atoms with Crippen LogP contribution < -0.4 is 11.2 Å². The van der Waals surface area contributed by atoms with Gasteiger partial charge < -0.3 is 24.9 Å². The second-order valence-electron chi connectivity index (χ2n) is 5.41. The van der Waals surface area contributed by atoms with Crippen molar-refractivity contribution in [1.82, 2.24) is 9.55 Å². The quantitative estimate of drug-likeness (QED) is 0.469. The Morgan fingerprint density at radius 2 is 2.17 bits per heavy atom. The molecule has 1 aromatic heterocycles. The van der Waals surface area contributed by atoms with Crippen LogP contribution in [0.1, 0.15) is 20.1 Å². The van der Waals surface area contributed by atoms with Gasteiger partial charge in [0.25, 0.3) is 0 Å². The van der Waals surface area contributed by atoms with Crippen LogP contribution >= 0.6 is 0 Å². The summed E-state index contributed by atoms with van der Waals surface area (Å²) in [5.74, 6) is -0.853. The Bertz CT molecular complexity index is 618. The summed E-state index contributed by atoms with van der Waals surface area (Å²) in [5.41, 5.74) is 1.47. The van der Waals surface area contributed by atoms with Gasteiger partial charge >= 0.3 is 11.7 Å². The number of carbonyl (C=O) groups excluding carboxylic acids is 1. The zero-order valence-corrected chi connectivity index (χ0v) is 12.6. The molecule has 0 saturated carbocycles. The average Bonchev–Trinajstić information content (AvgIpc) is 2.80. The summed E-state index contributed by atoms with van der Waals surface area (Å²) < 4.78 is 6.21. The maximum Gasteiger partial charge on any atom is 0.351 e. The SMILES string of the molecule is CC(C)C(=O)ONc1ccn([C@@H]2O[C@H](CO)C(O)[C@@H]2O)c(=O)n1. The predicted octanol–water partition coefficient (Wildman–Crippen LogP) is -1.62. The molecule has 1 aliphatic heterocycles. The third-order valence-corrected chi connectivity index (χ3v) is 3.35. The first kappa shape index (κ1) is 17.3. The molecule has 1 aromatic rings. The van der Waals surface area contributed by atoms with Crippen molar-refractivity contribution in [3.05, 3.63) is 22.7 Å². The Morgan fingerprint density at radius 1 is 1.48 bits per heavy atom. The van der Waals surface area contributed by atoms with Crippen LogP contribution in [0, 0.1) is 5.92 Å². The summed E-state index contributed by atoms with van der Waals surface area (Å²) in [6.45, 7) is 2.80. The van der Waals surface area contributed by atoms with Gasteiger partial charge in [-0.25, -0.2) is 15.1 Å². The van der Waals surface area contributed by atoms with E-state index in [1.54, 1.807) is 13.8 Å². The van der Waals surface area contributed by atoms with Gasteiger partial charge in [-0.05, 0) is 0 Å². The Hall–Kier alpha value is -2.01. The molecule has 1 saturated heterocycles. The molecule has 1 fully saturated rings. The van der Waals surface area contributed by atoms with Crippen molar-refractivity contribution in [2.45, 2.75) is 38.4 Å². The summed E-state index contributed by atoms with van der Waals surface area (Å²) in [4.78, 5) is 31.7. The zero-order valence-electron chi connectivity index (χ0n) is 12.6. The molecular weight excluding hydrogens is 310 g/mol. The standard InChI is InChI=1S/C13H19N3O7/c1-6(2)12(20)23-15-8-3-4-16(13(21)14-8)11-10(19)9(18)7(5-17)22-11/h3-4,6-7,9-11,17-19H,5H2,1-2H3,(H,14,15,21)/t7-,9?,10+,11-/m1/s1. The molecule has 0 radical (unpaired) electrons. The number of ether oxygens (including phenoxy) is 1. The third-order valence-electron chi connectivity index (χ3n) is 3.35. The smallest absolute Gasteiger partial charge is 0.351 e. The molecule has 128 valence electrons. The fraction of sp³-hybridized carbons (Fsp3) is 0.615. The molecule has 23 heavy (non-hydrogen) atoms. The normalized spacial score (nSPS) is 27.2. The molecule has 4 atom stereocenters. The number of aliphatic hydroxyl groups is 3. The van der Waals surface area contributed by atoms with Crippen LogP contribution in [0.15, 0.2) is 17.1 Å². The fourth-order valence-electron chi connectivity index (χ4n) is 1.99. The Balaban J connectivity index is 2.11. The lowest BCUT2D eigenvalue weighted by Crippen LogP contribution is -2.36. The number of hydrogen-bond acceptors (Lipinski definition) is 9. The molecule has 10 nitrogen and oxygen atoms in total. The lowest BCUT2D eigenvalue weighted by atomic mass is 10.1. The van der Waals surface area contributed by atoms with Crippen molar-refractivity contribution in [1.29, 1.82) is 0 Å². The number of aromatic nitrogens is 2. The fourth-order valence-corrected chi connectivity index (χ4v) is 1.99. The molecule has 2 rings (SSSR count). The van der Waals surface area contributed by atoms with Gasteiger partial charge in [-0.3, -0.25) is 4.57 Å². The van der Waals surface area contributed by atoms with Crippen molar-refractivity contribution in [3.8, 4) is 0 Å². The Kier molecular flexibility index (Phi) is 5.31. The van der Waals surface area contributed by atoms with E-state index in [-0.39, 0.29) is 11.7 Å². The molecule has 0 bridgehead atoms. The van der Waals surface area contributed by atoms with Crippen LogP contribution in [0.3, 0.4) is 0 Å². The highest BCUT2D eigenvalue weighted by atomic mass is 16.7. The van der Waals surface area contributed by atoms with Gasteiger partial charge in [0.15, 0.2) is 12.0 Å². The van der Waals surface area contributed by atoms with Crippen molar-refractivity contribution in [3.63, 3.8) is 0 Å². The van der Waals surface area contributed by atoms with Gasteiger partial charge in [-0.2, -0.15) is 4.98 Å². The van der Waals surface area contributed by atoms with E-state index >= 15 is 0 Å². The first-order valence-corrected chi connectivity index (χ1v) is 7.03. The first-order valence-electron chi connectivity index (χ1n) is 7.03. The summed E-state index contributed by atoms with van der Waals surface area (Å²) in [5, 5.41) is 28.6. The number of aliphatic hydroxyl groups excluding tert-OH is 3. The van der Waals surface area contributed by atoms with Gasteiger partial charge in [-0.15, -0.1) is 0 Å². The highest BCUT2D eigenvalue weighted by molar-refractivity contribution is 5.72. The molecule has 0 aliphatic carbocycles. The van der Waals surface area contributed by atoms with Crippen LogP contribution in [0.5, 0.6) is 0 Å². The van der Waals surface area contributed by atoms with Crippen LogP contribution in [0.25, 0.3) is 0 Å². The van der Waals surface area contributed by atoms with E-state index in [2.05, 4.69) is 10.5 Å². The van der Waals surface area contributed by atoms with E-state index in [0.29, 0.717) is 0 Å².